The van der Waals surface area contributed by atoms with Crippen LogP contribution in [0.1, 0.15) is 39.6 Å². The maximum atomic E-state index is 14.0. The van der Waals surface area contributed by atoms with E-state index in [2.05, 4.69) is 15.4 Å². The minimum Gasteiger partial charge on any atom is -0.345 e. The van der Waals surface area contributed by atoms with Crippen molar-refractivity contribution >= 4 is 17.2 Å². The molecular formula is C18H19FN4OS. The Bertz CT molecular complexity index is 931. The molecule has 0 aliphatic rings. The summed E-state index contributed by atoms with van der Waals surface area (Å²) in [5.41, 5.74) is 2.97. The van der Waals surface area contributed by atoms with Gasteiger partial charge in [-0.15, -0.1) is 11.3 Å². The average molecular weight is 358 g/mol. The molecule has 0 spiro atoms. The van der Waals surface area contributed by atoms with Crippen LogP contribution >= 0.6 is 11.3 Å². The van der Waals surface area contributed by atoms with Crippen molar-refractivity contribution in [3.05, 3.63) is 58.1 Å². The highest BCUT2D eigenvalue weighted by Crippen LogP contribution is 2.30. The molecule has 1 unspecified atom stereocenters. The summed E-state index contributed by atoms with van der Waals surface area (Å²) in [4.78, 5) is 17.5. The normalized spacial score (nSPS) is 12.2. The number of amides is 1. The molecule has 0 radical (unpaired) electrons. The van der Waals surface area contributed by atoms with Crippen LogP contribution in [0.5, 0.6) is 0 Å². The summed E-state index contributed by atoms with van der Waals surface area (Å²) in [6.07, 6.45) is 1.75. The van der Waals surface area contributed by atoms with Crippen LogP contribution in [0.25, 0.3) is 10.6 Å². The summed E-state index contributed by atoms with van der Waals surface area (Å²) in [6.45, 7) is 5.63. The van der Waals surface area contributed by atoms with Crippen LogP contribution in [-0.4, -0.2) is 20.7 Å². The van der Waals surface area contributed by atoms with Gasteiger partial charge in [-0.25, -0.2) is 9.37 Å². The molecule has 3 rings (SSSR count). The van der Waals surface area contributed by atoms with E-state index in [1.807, 2.05) is 20.9 Å². The molecule has 25 heavy (non-hydrogen) atoms. The van der Waals surface area contributed by atoms with Crippen molar-refractivity contribution in [2.75, 3.05) is 0 Å². The number of carbonyl (C=O) groups is 1. The van der Waals surface area contributed by atoms with Gasteiger partial charge in [0.05, 0.1) is 17.9 Å². The fraction of sp³-hybridized carbons (Fsp3) is 0.278. The third-order valence-electron chi connectivity index (χ3n) is 4.19. The zero-order chi connectivity index (χ0) is 18.1. The molecule has 130 valence electrons. The van der Waals surface area contributed by atoms with E-state index in [4.69, 9.17) is 0 Å². The van der Waals surface area contributed by atoms with E-state index in [0.717, 1.165) is 11.3 Å². The number of hydrogen-bond donors (Lipinski definition) is 1. The van der Waals surface area contributed by atoms with Gasteiger partial charge in [0.15, 0.2) is 0 Å². The van der Waals surface area contributed by atoms with Gasteiger partial charge < -0.3 is 5.32 Å². The third-order valence-corrected chi connectivity index (χ3v) is 5.38. The van der Waals surface area contributed by atoms with Crippen LogP contribution in [0.2, 0.25) is 0 Å². The largest absolute Gasteiger partial charge is 0.345 e. The first-order chi connectivity index (χ1) is 11.9. The molecular weight excluding hydrogens is 339 g/mol. The number of rotatable bonds is 4. The Kier molecular flexibility index (Phi) is 4.67. The molecule has 1 N–H and O–H groups in total. The van der Waals surface area contributed by atoms with Crippen LogP contribution in [0.4, 0.5) is 4.39 Å². The van der Waals surface area contributed by atoms with E-state index >= 15 is 0 Å². The molecule has 2 aromatic heterocycles. The lowest BCUT2D eigenvalue weighted by molar-refractivity contribution is 0.0943. The summed E-state index contributed by atoms with van der Waals surface area (Å²) >= 11 is 1.20. The van der Waals surface area contributed by atoms with Gasteiger partial charge in [0, 0.05) is 23.9 Å². The van der Waals surface area contributed by atoms with E-state index in [1.165, 1.54) is 17.4 Å². The smallest absolute Gasteiger partial charge is 0.263 e. The van der Waals surface area contributed by atoms with Crippen LogP contribution in [-0.2, 0) is 7.05 Å². The molecule has 0 fully saturated rings. The summed E-state index contributed by atoms with van der Waals surface area (Å²) < 4.78 is 15.7. The van der Waals surface area contributed by atoms with Gasteiger partial charge in [-0.2, -0.15) is 5.10 Å². The maximum absolute atomic E-state index is 14.0. The van der Waals surface area contributed by atoms with E-state index < -0.39 is 0 Å². The third kappa shape index (κ3) is 3.32. The molecule has 0 bridgehead atoms. The van der Waals surface area contributed by atoms with Crippen LogP contribution < -0.4 is 5.32 Å². The highest BCUT2D eigenvalue weighted by molar-refractivity contribution is 7.17. The van der Waals surface area contributed by atoms with Gasteiger partial charge in [-0.3, -0.25) is 9.48 Å². The molecule has 0 saturated heterocycles. The Morgan fingerprint density at radius 3 is 2.68 bits per heavy atom. The van der Waals surface area contributed by atoms with Gasteiger partial charge in [-0.05, 0) is 32.9 Å². The molecule has 0 aliphatic carbocycles. The standard InChI is InChI=1S/C18H19FN4OS/c1-10(14-9-20-23(4)12(14)3)21-17(24)16-11(2)22-18(25-16)13-7-5-6-8-15(13)19/h5-10H,1-4H3,(H,21,24). The Balaban J connectivity index is 1.84. The minimum atomic E-state index is -0.345. The predicted octanol–water partition coefficient (Wildman–Crippen LogP) is 3.79. The fourth-order valence-electron chi connectivity index (χ4n) is 2.64. The van der Waals surface area contributed by atoms with E-state index in [9.17, 15) is 9.18 Å². The number of halogens is 1. The highest BCUT2D eigenvalue weighted by atomic mass is 32.1. The quantitative estimate of drug-likeness (QED) is 0.772. The number of nitrogens with one attached hydrogen (secondary N) is 1. The van der Waals surface area contributed by atoms with Gasteiger partial charge in [0.1, 0.15) is 15.7 Å². The summed E-state index contributed by atoms with van der Waals surface area (Å²) in [5.74, 6) is -0.559. The van der Waals surface area contributed by atoms with E-state index in [-0.39, 0.29) is 17.8 Å². The maximum Gasteiger partial charge on any atom is 0.263 e. The van der Waals surface area contributed by atoms with Gasteiger partial charge in [-0.1, -0.05) is 12.1 Å². The molecule has 2 heterocycles. The van der Waals surface area contributed by atoms with E-state index in [0.29, 0.717) is 21.1 Å². The molecule has 1 atom stereocenters. The fourth-order valence-corrected chi connectivity index (χ4v) is 3.63. The van der Waals surface area contributed by atoms with Gasteiger partial charge in [0.2, 0.25) is 0 Å². The lowest BCUT2D eigenvalue weighted by atomic mass is 10.1. The first-order valence-corrected chi connectivity index (χ1v) is 8.71. The molecule has 5 nitrogen and oxygen atoms in total. The van der Waals surface area contributed by atoms with Crippen LogP contribution in [0.15, 0.2) is 30.5 Å². The van der Waals surface area contributed by atoms with Crippen molar-refractivity contribution in [3.8, 4) is 10.6 Å². The molecule has 0 aliphatic heterocycles. The molecule has 0 saturated carbocycles. The summed E-state index contributed by atoms with van der Waals surface area (Å²) in [6, 6.07) is 6.25. The number of aryl methyl sites for hydroxylation is 2. The zero-order valence-electron chi connectivity index (χ0n) is 14.5. The van der Waals surface area contributed by atoms with Crippen molar-refractivity contribution in [1.29, 1.82) is 0 Å². The SMILES string of the molecule is Cc1nc(-c2ccccc2F)sc1C(=O)NC(C)c1cnn(C)c1C. The molecule has 1 aromatic carbocycles. The monoisotopic (exact) mass is 358 g/mol. The predicted molar refractivity (Wildman–Crippen MR) is 96.1 cm³/mol. The van der Waals surface area contributed by atoms with Crippen LogP contribution in [0, 0.1) is 19.7 Å². The number of carbonyl (C=O) groups excluding carboxylic acids is 1. The summed E-state index contributed by atoms with van der Waals surface area (Å²) in [5, 5.41) is 7.68. The van der Waals surface area contributed by atoms with Crippen molar-refractivity contribution in [3.63, 3.8) is 0 Å². The Morgan fingerprint density at radius 2 is 2.04 bits per heavy atom. The molecule has 1 amide bonds. The number of aromatic nitrogens is 3. The first kappa shape index (κ1) is 17.3. The average Bonchev–Trinajstić information content (AvgIpc) is 3.11. The number of nitrogens with zero attached hydrogens (tertiary/aromatic N) is 3. The second-order valence-corrected chi connectivity index (χ2v) is 6.92. The van der Waals surface area contributed by atoms with Crippen molar-refractivity contribution in [2.45, 2.75) is 26.8 Å². The Morgan fingerprint density at radius 1 is 1.32 bits per heavy atom. The lowest BCUT2D eigenvalue weighted by Crippen LogP contribution is -2.26. The van der Waals surface area contributed by atoms with E-state index in [1.54, 1.807) is 36.0 Å². The first-order valence-electron chi connectivity index (χ1n) is 7.90. The molecule has 7 heteroatoms. The Labute approximate surface area is 149 Å². The van der Waals surface area contributed by atoms with Gasteiger partial charge in [0.25, 0.3) is 5.91 Å². The van der Waals surface area contributed by atoms with Crippen molar-refractivity contribution in [1.82, 2.24) is 20.1 Å². The van der Waals surface area contributed by atoms with Gasteiger partial charge >= 0.3 is 0 Å². The highest BCUT2D eigenvalue weighted by Gasteiger charge is 2.21. The van der Waals surface area contributed by atoms with Crippen molar-refractivity contribution < 1.29 is 9.18 Å². The van der Waals surface area contributed by atoms with Crippen molar-refractivity contribution in [2.24, 2.45) is 7.05 Å². The number of hydrogen-bond acceptors (Lipinski definition) is 4. The van der Waals surface area contributed by atoms with Crippen LogP contribution in [0.3, 0.4) is 0 Å². The molecule has 3 aromatic rings. The zero-order valence-corrected chi connectivity index (χ0v) is 15.3. The number of thiazole rings is 1. The summed E-state index contributed by atoms with van der Waals surface area (Å²) in [7, 11) is 1.86. The second kappa shape index (κ2) is 6.76. The lowest BCUT2D eigenvalue weighted by Gasteiger charge is -2.13. The minimum absolute atomic E-state index is 0.181. The topological polar surface area (TPSA) is 59.8 Å². The number of benzene rings is 1. The Hall–Kier alpha value is -2.54. The second-order valence-electron chi connectivity index (χ2n) is 5.92.